The van der Waals surface area contributed by atoms with Crippen LogP contribution >= 0.6 is 23.2 Å². The number of benzene rings is 1. The van der Waals surface area contributed by atoms with Crippen molar-refractivity contribution in [3.05, 3.63) is 33.8 Å². The molecule has 3 N–H and O–H groups in total. The summed E-state index contributed by atoms with van der Waals surface area (Å²) in [5, 5.41) is 10.5. The number of aliphatic hydroxyl groups excluding tert-OH is 1. The van der Waals surface area contributed by atoms with Crippen LogP contribution in [0.15, 0.2) is 18.2 Å². The molecule has 0 saturated carbocycles. The molecule has 0 bridgehead atoms. The SMILES string of the molecule is CC(O)C(C)OC(CN)c1ccc(Cl)cc1Cl. The molecule has 1 aromatic carbocycles. The highest BCUT2D eigenvalue weighted by Gasteiger charge is 2.19. The maximum absolute atomic E-state index is 9.41. The van der Waals surface area contributed by atoms with E-state index in [1.165, 1.54) is 0 Å². The molecular weight excluding hydrogens is 261 g/mol. The van der Waals surface area contributed by atoms with Crippen LogP contribution < -0.4 is 5.73 Å². The zero-order chi connectivity index (χ0) is 13.0. The van der Waals surface area contributed by atoms with Gasteiger partial charge in [0, 0.05) is 22.2 Å². The van der Waals surface area contributed by atoms with E-state index >= 15 is 0 Å². The molecule has 17 heavy (non-hydrogen) atoms. The van der Waals surface area contributed by atoms with Gasteiger partial charge in [-0.05, 0) is 26.0 Å². The van der Waals surface area contributed by atoms with Gasteiger partial charge in [-0.15, -0.1) is 0 Å². The number of hydrogen-bond donors (Lipinski definition) is 2. The van der Waals surface area contributed by atoms with Gasteiger partial charge in [0.05, 0.1) is 18.3 Å². The van der Waals surface area contributed by atoms with E-state index in [2.05, 4.69) is 0 Å². The van der Waals surface area contributed by atoms with Crippen LogP contribution in [0.5, 0.6) is 0 Å². The second kappa shape index (κ2) is 6.57. The fourth-order valence-electron chi connectivity index (χ4n) is 1.39. The van der Waals surface area contributed by atoms with Gasteiger partial charge in [0.2, 0.25) is 0 Å². The molecule has 0 saturated heterocycles. The predicted molar refractivity (Wildman–Crippen MR) is 70.5 cm³/mol. The number of aliphatic hydroxyl groups is 1. The number of hydrogen-bond acceptors (Lipinski definition) is 3. The average molecular weight is 278 g/mol. The summed E-state index contributed by atoms with van der Waals surface area (Å²) < 4.78 is 5.67. The first-order valence-electron chi connectivity index (χ1n) is 5.44. The zero-order valence-corrected chi connectivity index (χ0v) is 11.4. The first-order valence-corrected chi connectivity index (χ1v) is 6.19. The summed E-state index contributed by atoms with van der Waals surface area (Å²) in [6.07, 6.45) is -1.21. The Morgan fingerprint density at radius 3 is 2.47 bits per heavy atom. The quantitative estimate of drug-likeness (QED) is 0.870. The Kier molecular flexibility index (Phi) is 5.70. The summed E-state index contributed by atoms with van der Waals surface area (Å²) in [5.74, 6) is 0. The van der Waals surface area contributed by atoms with Crippen molar-refractivity contribution in [2.75, 3.05) is 6.54 Å². The second-order valence-electron chi connectivity index (χ2n) is 3.97. The van der Waals surface area contributed by atoms with Crippen molar-refractivity contribution in [2.24, 2.45) is 5.73 Å². The number of rotatable bonds is 5. The highest BCUT2D eigenvalue weighted by atomic mass is 35.5. The highest BCUT2D eigenvalue weighted by molar-refractivity contribution is 6.35. The lowest BCUT2D eigenvalue weighted by molar-refractivity contribution is -0.0591. The van der Waals surface area contributed by atoms with Gasteiger partial charge in [0.15, 0.2) is 0 Å². The first-order chi connectivity index (χ1) is 7.95. The van der Waals surface area contributed by atoms with Crippen LogP contribution in [0.4, 0.5) is 0 Å². The molecule has 0 spiro atoms. The topological polar surface area (TPSA) is 55.5 Å². The maximum atomic E-state index is 9.41. The van der Waals surface area contributed by atoms with Crippen molar-refractivity contribution < 1.29 is 9.84 Å². The fraction of sp³-hybridized carbons (Fsp3) is 0.500. The minimum atomic E-state index is -0.560. The molecule has 0 aliphatic rings. The van der Waals surface area contributed by atoms with Gasteiger partial charge >= 0.3 is 0 Å². The molecule has 1 aromatic rings. The third-order valence-corrected chi connectivity index (χ3v) is 3.14. The zero-order valence-electron chi connectivity index (χ0n) is 9.86. The van der Waals surface area contributed by atoms with Crippen molar-refractivity contribution >= 4 is 23.2 Å². The highest BCUT2D eigenvalue weighted by Crippen LogP contribution is 2.29. The average Bonchev–Trinajstić information content (AvgIpc) is 2.26. The summed E-state index contributed by atoms with van der Waals surface area (Å²) in [6, 6.07) is 5.18. The van der Waals surface area contributed by atoms with Gasteiger partial charge in [0.1, 0.15) is 0 Å². The summed E-state index contributed by atoms with van der Waals surface area (Å²) in [4.78, 5) is 0. The Bertz CT molecular complexity index is 372. The smallest absolute Gasteiger partial charge is 0.0966 e. The van der Waals surface area contributed by atoms with Crippen LogP contribution in [0, 0.1) is 0 Å². The molecule has 0 radical (unpaired) electrons. The van der Waals surface area contributed by atoms with Gasteiger partial charge in [-0.25, -0.2) is 0 Å². The minimum Gasteiger partial charge on any atom is -0.391 e. The van der Waals surface area contributed by atoms with Gasteiger partial charge in [-0.1, -0.05) is 29.3 Å². The molecule has 3 atom stereocenters. The largest absolute Gasteiger partial charge is 0.391 e. The molecule has 0 fully saturated rings. The summed E-state index contributed by atoms with van der Waals surface area (Å²) >= 11 is 11.9. The lowest BCUT2D eigenvalue weighted by Gasteiger charge is -2.24. The molecule has 0 aromatic heterocycles. The van der Waals surface area contributed by atoms with Crippen molar-refractivity contribution in [2.45, 2.75) is 32.2 Å². The lowest BCUT2D eigenvalue weighted by atomic mass is 10.1. The molecule has 0 aliphatic carbocycles. The van der Waals surface area contributed by atoms with Crippen molar-refractivity contribution in [3.63, 3.8) is 0 Å². The fourth-order valence-corrected chi connectivity index (χ4v) is 1.92. The Morgan fingerprint density at radius 1 is 1.35 bits per heavy atom. The monoisotopic (exact) mass is 277 g/mol. The van der Waals surface area contributed by atoms with Crippen LogP contribution in [0.1, 0.15) is 25.5 Å². The van der Waals surface area contributed by atoms with E-state index in [1.54, 1.807) is 32.0 Å². The van der Waals surface area contributed by atoms with Crippen molar-refractivity contribution in [1.29, 1.82) is 0 Å². The standard InChI is InChI=1S/C12H17Cl2NO2/c1-7(16)8(2)17-12(6-15)10-4-3-9(13)5-11(10)14/h3-5,7-8,12,16H,6,15H2,1-2H3. The van der Waals surface area contributed by atoms with Crippen LogP contribution in [-0.2, 0) is 4.74 Å². The van der Waals surface area contributed by atoms with Crippen LogP contribution in [0.25, 0.3) is 0 Å². The van der Waals surface area contributed by atoms with Crippen molar-refractivity contribution in [3.8, 4) is 0 Å². The van der Waals surface area contributed by atoms with E-state index in [4.69, 9.17) is 33.7 Å². The molecule has 0 heterocycles. The Balaban J connectivity index is 2.86. The number of ether oxygens (including phenoxy) is 1. The molecule has 3 nitrogen and oxygen atoms in total. The number of halogens is 2. The van der Waals surface area contributed by atoms with Gasteiger partial charge in [0.25, 0.3) is 0 Å². The predicted octanol–water partition coefficient (Wildman–Crippen LogP) is 2.78. The van der Waals surface area contributed by atoms with Gasteiger partial charge in [-0.3, -0.25) is 0 Å². The molecular formula is C12H17Cl2NO2. The molecule has 0 amide bonds. The Labute approximate surface area is 111 Å². The van der Waals surface area contributed by atoms with Gasteiger partial charge in [-0.2, -0.15) is 0 Å². The third-order valence-electron chi connectivity index (χ3n) is 2.58. The molecule has 96 valence electrons. The maximum Gasteiger partial charge on any atom is 0.0966 e. The molecule has 3 unspecified atom stereocenters. The molecule has 5 heteroatoms. The normalized spacial score (nSPS) is 16.6. The lowest BCUT2D eigenvalue weighted by Crippen LogP contribution is -2.28. The van der Waals surface area contributed by atoms with E-state index in [0.717, 1.165) is 5.56 Å². The summed E-state index contributed by atoms with van der Waals surface area (Å²) in [7, 11) is 0. The summed E-state index contributed by atoms with van der Waals surface area (Å²) in [5.41, 5.74) is 6.45. The van der Waals surface area contributed by atoms with E-state index in [0.29, 0.717) is 16.6 Å². The minimum absolute atomic E-state index is 0.290. The van der Waals surface area contributed by atoms with Gasteiger partial charge < -0.3 is 15.6 Å². The van der Waals surface area contributed by atoms with Crippen LogP contribution in [-0.4, -0.2) is 23.9 Å². The Morgan fingerprint density at radius 2 is 2.00 bits per heavy atom. The second-order valence-corrected chi connectivity index (χ2v) is 4.82. The molecule has 0 aliphatic heterocycles. The van der Waals surface area contributed by atoms with Crippen molar-refractivity contribution in [1.82, 2.24) is 0 Å². The first kappa shape index (κ1) is 14.7. The van der Waals surface area contributed by atoms with E-state index < -0.39 is 6.10 Å². The Hall–Kier alpha value is -0.320. The third kappa shape index (κ3) is 4.12. The van der Waals surface area contributed by atoms with E-state index in [9.17, 15) is 5.11 Å². The molecule has 1 rings (SSSR count). The van der Waals surface area contributed by atoms with E-state index in [1.807, 2.05) is 0 Å². The van der Waals surface area contributed by atoms with E-state index in [-0.39, 0.29) is 12.2 Å². The summed E-state index contributed by atoms with van der Waals surface area (Å²) in [6.45, 7) is 3.75. The van der Waals surface area contributed by atoms with Crippen LogP contribution in [0.3, 0.4) is 0 Å². The van der Waals surface area contributed by atoms with Crippen LogP contribution in [0.2, 0.25) is 10.0 Å². The number of nitrogens with two attached hydrogens (primary N) is 1.